The normalized spacial score (nSPS) is 15.6. The van der Waals surface area contributed by atoms with Crippen LogP contribution in [0.1, 0.15) is 26.2 Å². The Morgan fingerprint density at radius 1 is 1.00 bits per heavy atom. The maximum Gasteiger partial charge on any atom is 0.265 e. The van der Waals surface area contributed by atoms with Crippen molar-refractivity contribution in [2.45, 2.75) is 37.2 Å². The van der Waals surface area contributed by atoms with Crippen LogP contribution in [0.2, 0.25) is 0 Å². The third-order valence-electron chi connectivity index (χ3n) is 5.51. The van der Waals surface area contributed by atoms with Gasteiger partial charge in [-0.3, -0.25) is 4.79 Å². The highest BCUT2D eigenvalue weighted by Crippen LogP contribution is 2.27. The smallest absolute Gasteiger partial charge is 0.265 e. The second-order valence-electron chi connectivity index (χ2n) is 7.62. The molecule has 1 aliphatic rings. The fourth-order valence-corrected chi connectivity index (χ4v) is 5.30. The van der Waals surface area contributed by atoms with E-state index in [1.807, 2.05) is 49.4 Å². The van der Waals surface area contributed by atoms with Gasteiger partial charge in [-0.2, -0.15) is 4.31 Å². The van der Waals surface area contributed by atoms with Gasteiger partial charge in [0.05, 0.1) is 4.90 Å². The topological polar surface area (TPSA) is 75.7 Å². The van der Waals surface area contributed by atoms with E-state index in [4.69, 9.17) is 4.74 Å². The van der Waals surface area contributed by atoms with Crippen LogP contribution < -0.4 is 10.1 Å². The van der Waals surface area contributed by atoms with E-state index < -0.39 is 16.1 Å². The van der Waals surface area contributed by atoms with E-state index in [0.717, 1.165) is 23.6 Å². The molecule has 3 aromatic carbocycles. The van der Waals surface area contributed by atoms with E-state index in [1.165, 1.54) is 16.4 Å². The molecule has 0 aromatic heterocycles. The van der Waals surface area contributed by atoms with Gasteiger partial charge in [0.1, 0.15) is 5.75 Å². The Balaban J connectivity index is 1.46. The van der Waals surface area contributed by atoms with E-state index in [1.54, 1.807) is 12.1 Å². The van der Waals surface area contributed by atoms with Gasteiger partial charge in [-0.1, -0.05) is 43.3 Å². The molecule has 0 aliphatic carbocycles. The molecule has 1 saturated heterocycles. The van der Waals surface area contributed by atoms with E-state index in [0.29, 0.717) is 30.9 Å². The first kappa shape index (κ1) is 21.3. The highest BCUT2D eigenvalue weighted by molar-refractivity contribution is 7.89. The average Bonchev–Trinajstić information content (AvgIpc) is 3.34. The fourth-order valence-electron chi connectivity index (χ4n) is 3.78. The minimum absolute atomic E-state index is 0.242. The Morgan fingerprint density at radius 2 is 1.68 bits per heavy atom. The van der Waals surface area contributed by atoms with Crippen LogP contribution in [0.3, 0.4) is 0 Å². The standard InChI is InChI=1S/C24H26N2O4S/c1-2-22(30-23-11-7-9-18-8-3-4-10-21(18)23)24(27)25-19-12-14-20(15-13-19)31(28,29)26-16-5-6-17-26/h3-4,7-15,22H,2,5-6,16-17H2,1H3,(H,25,27)/t22-/m1/s1. The molecule has 7 heteroatoms. The van der Waals surface area contributed by atoms with E-state index in [2.05, 4.69) is 5.32 Å². The van der Waals surface area contributed by atoms with Gasteiger partial charge >= 0.3 is 0 Å². The molecule has 1 aliphatic heterocycles. The van der Waals surface area contributed by atoms with Crippen LogP contribution in [-0.4, -0.2) is 37.8 Å². The molecule has 1 heterocycles. The van der Waals surface area contributed by atoms with Gasteiger partial charge in [0.15, 0.2) is 6.10 Å². The first-order valence-corrected chi connectivity index (χ1v) is 12.0. The number of anilines is 1. The molecule has 4 rings (SSSR count). The van der Waals surface area contributed by atoms with Crippen LogP contribution in [0, 0.1) is 0 Å². The van der Waals surface area contributed by atoms with Crippen LogP contribution in [0.4, 0.5) is 5.69 Å². The summed E-state index contributed by atoms with van der Waals surface area (Å²) in [6, 6.07) is 19.9. The zero-order chi connectivity index (χ0) is 21.8. The number of hydrogen-bond donors (Lipinski definition) is 1. The lowest BCUT2D eigenvalue weighted by atomic mass is 10.1. The van der Waals surface area contributed by atoms with Crippen LogP contribution in [0.15, 0.2) is 71.6 Å². The Hall–Kier alpha value is -2.90. The van der Waals surface area contributed by atoms with Crippen molar-refractivity contribution in [3.05, 3.63) is 66.7 Å². The van der Waals surface area contributed by atoms with E-state index in [9.17, 15) is 13.2 Å². The quantitative estimate of drug-likeness (QED) is 0.592. The number of sulfonamides is 1. The van der Waals surface area contributed by atoms with Crippen LogP contribution in [0.5, 0.6) is 5.75 Å². The maximum atomic E-state index is 12.8. The minimum Gasteiger partial charge on any atom is -0.480 e. The molecule has 162 valence electrons. The number of carbonyl (C=O) groups is 1. The highest BCUT2D eigenvalue weighted by atomic mass is 32.2. The van der Waals surface area contributed by atoms with E-state index in [-0.39, 0.29) is 10.8 Å². The lowest BCUT2D eigenvalue weighted by Crippen LogP contribution is -2.32. The molecule has 0 radical (unpaired) electrons. The number of amides is 1. The third-order valence-corrected chi connectivity index (χ3v) is 7.42. The Bertz CT molecular complexity index is 1160. The summed E-state index contributed by atoms with van der Waals surface area (Å²) >= 11 is 0. The van der Waals surface area contributed by atoms with Gasteiger partial charge in [-0.25, -0.2) is 8.42 Å². The van der Waals surface area contributed by atoms with Gasteiger partial charge in [0.2, 0.25) is 10.0 Å². The van der Waals surface area contributed by atoms with Crippen molar-refractivity contribution in [2.24, 2.45) is 0 Å². The molecule has 0 bridgehead atoms. The molecule has 1 atom stereocenters. The maximum absolute atomic E-state index is 12.8. The molecular formula is C24H26N2O4S. The molecule has 1 amide bonds. The summed E-state index contributed by atoms with van der Waals surface area (Å²) in [5, 5.41) is 4.84. The number of nitrogens with one attached hydrogen (secondary N) is 1. The predicted octanol–water partition coefficient (Wildman–Crippen LogP) is 4.42. The van der Waals surface area contributed by atoms with Crippen LogP contribution >= 0.6 is 0 Å². The molecule has 0 spiro atoms. The van der Waals surface area contributed by atoms with Crippen molar-refractivity contribution in [2.75, 3.05) is 18.4 Å². The Morgan fingerprint density at radius 3 is 2.39 bits per heavy atom. The van der Waals surface area contributed by atoms with Gasteiger partial charge in [-0.05, 0) is 55.0 Å². The number of hydrogen-bond acceptors (Lipinski definition) is 4. The number of nitrogens with zero attached hydrogens (tertiary/aromatic N) is 1. The summed E-state index contributed by atoms with van der Waals surface area (Å²) in [6.07, 6.45) is 1.61. The number of fused-ring (bicyclic) bond motifs is 1. The predicted molar refractivity (Wildman–Crippen MR) is 122 cm³/mol. The van der Waals surface area contributed by atoms with Crippen molar-refractivity contribution in [3.63, 3.8) is 0 Å². The molecule has 31 heavy (non-hydrogen) atoms. The lowest BCUT2D eigenvalue weighted by Gasteiger charge is -2.19. The summed E-state index contributed by atoms with van der Waals surface area (Å²) in [7, 11) is -3.47. The molecule has 1 N–H and O–H groups in total. The summed E-state index contributed by atoms with van der Waals surface area (Å²) < 4.78 is 32.9. The molecule has 0 saturated carbocycles. The second-order valence-corrected chi connectivity index (χ2v) is 9.55. The second kappa shape index (κ2) is 9.08. The number of rotatable bonds is 7. The van der Waals surface area contributed by atoms with Crippen molar-refractivity contribution >= 4 is 32.4 Å². The number of carbonyl (C=O) groups excluding carboxylic acids is 1. The Kier molecular flexibility index (Phi) is 6.25. The molecule has 3 aromatic rings. The summed E-state index contributed by atoms with van der Waals surface area (Å²) in [5.41, 5.74) is 0.533. The average molecular weight is 439 g/mol. The van der Waals surface area contributed by atoms with Crippen molar-refractivity contribution < 1.29 is 17.9 Å². The monoisotopic (exact) mass is 438 g/mol. The third kappa shape index (κ3) is 4.57. The summed E-state index contributed by atoms with van der Waals surface area (Å²) in [4.78, 5) is 13.1. The fraction of sp³-hybridized carbons (Fsp3) is 0.292. The number of benzene rings is 3. The molecule has 6 nitrogen and oxygen atoms in total. The van der Waals surface area contributed by atoms with Crippen LogP contribution in [0.25, 0.3) is 10.8 Å². The highest BCUT2D eigenvalue weighted by Gasteiger charge is 2.27. The van der Waals surface area contributed by atoms with Crippen molar-refractivity contribution in [1.82, 2.24) is 4.31 Å². The first-order chi connectivity index (χ1) is 15.0. The van der Waals surface area contributed by atoms with Gasteiger partial charge < -0.3 is 10.1 Å². The lowest BCUT2D eigenvalue weighted by molar-refractivity contribution is -0.122. The van der Waals surface area contributed by atoms with Gasteiger partial charge in [0, 0.05) is 24.2 Å². The van der Waals surface area contributed by atoms with Gasteiger partial charge in [-0.15, -0.1) is 0 Å². The SMILES string of the molecule is CC[C@@H](Oc1cccc2ccccc12)C(=O)Nc1ccc(S(=O)(=O)N2CCCC2)cc1. The van der Waals surface area contributed by atoms with Crippen LogP contribution in [-0.2, 0) is 14.8 Å². The Labute approximate surface area is 182 Å². The largest absolute Gasteiger partial charge is 0.480 e. The van der Waals surface area contributed by atoms with Crippen molar-refractivity contribution in [1.29, 1.82) is 0 Å². The summed E-state index contributed by atoms with van der Waals surface area (Å²) in [6.45, 7) is 3.01. The van der Waals surface area contributed by atoms with E-state index >= 15 is 0 Å². The van der Waals surface area contributed by atoms with Gasteiger partial charge in [0.25, 0.3) is 5.91 Å². The summed E-state index contributed by atoms with van der Waals surface area (Å²) in [5.74, 6) is 0.387. The zero-order valence-electron chi connectivity index (χ0n) is 17.5. The van der Waals surface area contributed by atoms with Crippen molar-refractivity contribution in [3.8, 4) is 5.75 Å². The molecular weight excluding hydrogens is 412 g/mol. The minimum atomic E-state index is -3.47. The first-order valence-electron chi connectivity index (χ1n) is 10.5. The molecule has 1 fully saturated rings. The molecule has 0 unspecified atom stereocenters. The zero-order valence-corrected chi connectivity index (χ0v) is 18.3. The number of ether oxygens (including phenoxy) is 1.